The summed E-state index contributed by atoms with van der Waals surface area (Å²) in [5.41, 5.74) is 1.62. The van der Waals surface area contributed by atoms with Crippen LogP contribution in [0.1, 0.15) is 33.2 Å². The van der Waals surface area contributed by atoms with Crippen molar-refractivity contribution in [3.63, 3.8) is 0 Å². The lowest BCUT2D eigenvalue weighted by Crippen LogP contribution is -2.14. The molecule has 0 heterocycles. The van der Waals surface area contributed by atoms with Gasteiger partial charge in [-0.15, -0.1) is 0 Å². The van der Waals surface area contributed by atoms with Gasteiger partial charge >= 0.3 is 5.97 Å². The summed E-state index contributed by atoms with van der Waals surface area (Å²) in [5, 5.41) is 0. The number of benzene rings is 2. The molecule has 24 heavy (non-hydrogen) atoms. The summed E-state index contributed by atoms with van der Waals surface area (Å²) in [6, 6.07) is 10.2. The number of methoxy groups -OCH3 is 1. The molecule has 2 aromatic rings. The maximum atomic E-state index is 12.5. The third-order valence-electron chi connectivity index (χ3n) is 3.47. The number of sulfonamides is 1. The normalized spacial score (nSPS) is 11.0. The van der Waals surface area contributed by atoms with Gasteiger partial charge in [-0.3, -0.25) is 9.52 Å². The van der Waals surface area contributed by atoms with E-state index in [-0.39, 0.29) is 21.9 Å². The quantitative estimate of drug-likeness (QED) is 0.663. The first-order valence-corrected chi connectivity index (χ1v) is 8.55. The molecule has 0 fully saturated rings. The van der Waals surface area contributed by atoms with E-state index >= 15 is 0 Å². The van der Waals surface area contributed by atoms with E-state index in [4.69, 9.17) is 0 Å². The first kappa shape index (κ1) is 17.7. The van der Waals surface area contributed by atoms with E-state index in [9.17, 15) is 18.0 Å². The molecule has 2 rings (SSSR count). The molecule has 1 N–H and O–H groups in total. The third kappa shape index (κ3) is 3.80. The molecule has 7 heteroatoms. The van der Waals surface area contributed by atoms with Crippen LogP contribution in [0.5, 0.6) is 0 Å². The number of esters is 1. The fourth-order valence-corrected chi connectivity index (χ4v) is 3.17. The van der Waals surface area contributed by atoms with Crippen molar-refractivity contribution in [3.05, 3.63) is 59.2 Å². The number of anilines is 1. The van der Waals surface area contributed by atoms with Crippen molar-refractivity contribution in [1.29, 1.82) is 0 Å². The molecule has 0 aliphatic rings. The second-order valence-corrected chi connectivity index (χ2v) is 6.89. The number of carbonyl (C=O) groups is 2. The Morgan fingerprint density at radius 2 is 1.58 bits per heavy atom. The van der Waals surface area contributed by atoms with Gasteiger partial charge in [0.15, 0.2) is 5.78 Å². The Morgan fingerprint density at radius 3 is 2.12 bits per heavy atom. The van der Waals surface area contributed by atoms with Crippen LogP contribution in [-0.2, 0) is 14.8 Å². The van der Waals surface area contributed by atoms with Crippen LogP contribution in [-0.4, -0.2) is 27.3 Å². The predicted octanol–water partition coefficient (Wildman–Crippen LogP) is 2.79. The van der Waals surface area contributed by atoms with Gasteiger partial charge < -0.3 is 4.74 Å². The SMILES string of the molecule is COC(=O)c1ccc(C)c(NS(=O)(=O)c2ccc(C(C)=O)cc2)c1. The molecule has 0 bridgehead atoms. The first-order valence-electron chi connectivity index (χ1n) is 7.07. The summed E-state index contributed by atoms with van der Waals surface area (Å²) in [6.45, 7) is 3.13. The van der Waals surface area contributed by atoms with E-state index in [2.05, 4.69) is 9.46 Å². The monoisotopic (exact) mass is 347 g/mol. The van der Waals surface area contributed by atoms with Crippen LogP contribution in [0.25, 0.3) is 0 Å². The van der Waals surface area contributed by atoms with E-state index in [1.165, 1.54) is 44.4 Å². The molecule has 0 aliphatic carbocycles. The molecule has 0 spiro atoms. The zero-order valence-corrected chi connectivity index (χ0v) is 14.3. The molecule has 2 aromatic carbocycles. The van der Waals surface area contributed by atoms with Gasteiger partial charge in [0.1, 0.15) is 0 Å². The zero-order valence-electron chi connectivity index (χ0n) is 13.5. The van der Waals surface area contributed by atoms with Gasteiger partial charge in [-0.2, -0.15) is 0 Å². The highest BCUT2D eigenvalue weighted by Crippen LogP contribution is 2.22. The molecule has 0 saturated heterocycles. The summed E-state index contributed by atoms with van der Waals surface area (Å²) in [4.78, 5) is 22.9. The number of hydrogen-bond acceptors (Lipinski definition) is 5. The van der Waals surface area contributed by atoms with E-state index < -0.39 is 16.0 Å². The highest BCUT2D eigenvalue weighted by atomic mass is 32.2. The number of rotatable bonds is 5. The second kappa shape index (κ2) is 6.84. The molecule has 0 amide bonds. The fourth-order valence-electron chi connectivity index (χ4n) is 2.05. The van der Waals surface area contributed by atoms with Gasteiger partial charge in [-0.05, 0) is 43.7 Å². The van der Waals surface area contributed by atoms with Gasteiger partial charge in [0, 0.05) is 5.56 Å². The molecule has 126 valence electrons. The average Bonchev–Trinajstić information content (AvgIpc) is 2.56. The van der Waals surface area contributed by atoms with Crippen LogP contribution in [0.4, 0.5) is 5.69 Å². The lowest BCUT2D eigenvalue weighted by Gasteiger charge is -2.12. The largest absolute Gasteiger partial charge is 0.465 e. The Bertz CT molecular complexity index is 886. The second-order valence-electron chi connectivity index (χ2n) is 5.21. The molecular weight excluding hydrogens is 330 g/mol. The van der Waals surface area contributed by atoms with Gasteiger partial charge in [0.2, 0.25) is 0 Å². The number of Topliss-reactive ketones (excluding diaryl/α,β-unsaturated/α-hetero) is 1. The van der Waals surface area contributed by atoms with Crippen molar-refractivity contribution in [1.82, 2.24) is 0 Å². The van der Waals surface area contributed by atoms with Gasteiger partial charge in [-0.1, -0.05) is 18.2 Å². The smallest absolute Gasteiger partial charge is 0.337 e. The molecule has 0 radical (unpaired) electrons. The fraction of sp³-hybridized carbons (Fsp3) is 0.176. The Balaban J connectivity index is 2.35. The van der Waals surface area contributed by atoms with Crippen molar-refractivity contribution in [2.45, 2.75) is 18.7 Å². The number of aryl methyl sites for hydroxylation is 1. The molecule has 0 atom stereocenters. The average molecular weight is 347 g/mol. The number of nitrogens with one attached hydrogen (secondary N) is 1. The van der Waals surface area contributed by atoms with Crippen LogP contribution < -0.4 is 4.72 Å². The molecule has 0 unspecified atom stereocenters. The van der Waals surface area contributed by atoms with Crippen molar-refractivity contribution >= 4 is 27.5 Å². The van der Waals surface area contributed by atoms with Crippen LogP contribution in [0.3, 0.4) is 0 Å². The molecule has 0 saturated carbocycles. The third-order valence-corrected chi connectivity index (χ3v) is 4.86. The van der Waals surface area contributed by atoms with E-state index in [1.807, 2.05) is 0 Å². The summed E-state index contributed by atoms with van der Waals surface area (Å²) in [7, 11) is -2.59. The van der Waals surface area contributed by atoms with Crippen LogP contribution >= 0.6 is 0 Å². The van der Waals surface area contributed by atoms with Crippen molar-refractivity contribution in [2.24, 2.45) is 0 Å². The van der Waals surface area contributed by atoms with Crippen LogP contribution in [0, 0.1) is 6.92 Å². The van der Waals surface area contributed by atoms with Crippen LogP contribution in [0.15, 0.2) is 47.4 Å². The number of hydrogen-bond donors (Lipinski definition) is 1. The van der Waals surface area contributed by atoms with E-state index in [0.29, 0.717) is 11.1 Å². The predicted molar refractivity (Wildman–Crippen MR) is 89.8 cm³/mol. The maximum absolute atomic E-state index is 12.5. The molecule has 0 aliphatic heterocycles. The van der Waals surface area contributed by atoms with Crippen molar-refractivity contribution in [3.8, 4) is 0 Å². The summed E-state index contributed by atoms with van der Waals surface area (Å²) >= 11 is 0. The lowest BCUT2D eigenvalue weighted by atomic mass is 10.1. The summed E-state index contributed by atoms with van der Waals surface area (Å²) < 4.78 is 32.0. The van der Waals surface area contributed by atoms with Gasteiger partial charge in [0.25, 0.3) is 10.0 Å². The highest BCUT2D eigenvalue weighted by molar-refractivity contribution is 7.92. The maximum Gasteiger partial charge on any atom is 0.337 e. The Hall–Kier alpha value is -2.67. The summed E-state index contributed by atoms with van der Waals surface area (Å²) in [5.74, 6) is -0.699. The lowest BCUT2D eigenvalue weighted by molar-refractivity contribution is 0.0600. The number of ketones is 1. The van der Waals surface area contributed by atoms with Gasteiger partial charge in [0.05, 0.1) is 23.3 Å². The highest BCUT2D eigenvalue weighted by Gasteiger charge is 2.17. The zero-order chi connectivity index (χ0) is 17.9. The topological polar surface area (TPSA) is 89.5 Å². The minimum absolute atomic E-state index is 0.0235. The van der Waals surface area contributed by atoms with Crippen molar-refractivity contribution < 1.29 is 22.7 Å². The molecule has 0 aromatic heterocycles. The Morgan fingerprint density at radius 1 is 1.00 bits per heavy atom. The van der Waals surface area contributed by atoms with E-state index in [1.54, 1.807) is 19.1 Å². The Kier molecular flexibility index (Phi) is 5.04. The standard InChI is InChI=1S/C17H17NO5S/c1-11-4-5-14(17(20)23-3)10-16(11)18-24(21,22)15-8-6-13(7-9-15)12(2)19/h4-10,18H,1-3H3. The van der Waals surface area contributed by atoms with Gasteiger partial charge in [-0.25, -0.2) is 13.2 Å². The molecule has 6 nitrogen and oxygen atoms in total. The van der Waals surface area contributed by atoms with Crippen LogP contribution in [0.2, 0.25) is 0 Å². The minimum atomic E-state index is -3.84. The Labute approximate surface area is 140 Å². The number of ether oxygens (including phenoxy) is 1. The van der Waals surface area contributed by atoms with Crippen molar-refractivity contribution in [2.75, 3.05) is 11.8 Å². The summed E-state index contributed by atoms with van der Waals surface area (Å²) in [6.07, 6.45) is 0. The first-order chi connectivity index (χ1) is 11.2. The van der Waals surface area contributed by atoms with E-state index in [0.717, 1.165) is 0 Å². The molecular formula is C17H17NO5S. The minimum Gasteiger partial charge on any atom is -0.465 e. The number of carbonyl (C=O) groups excluding carboxylic acids is 2.